The summed E-state index contributed by atoms with van der Waals surface area (Å²) in [5.41, 5.74) is 0.282. The zero-order valence-corrected chi connectivity index (χ0v) is 10.9. The second-order valence-electron chi connectivity index (χ2n) is 3.32. The molecule has 1 N–H and O–H groups in total. The molecule has 5 nitrogen and oxygen atoms in total. The summed E-state index contributed by atoms with van der Waals surface area (Å²) in [6.07, 6.45) is 0.971. The quantitative estimate of drug-likeness (QED) is 0.684. The molecule has 0 unspecified atom stereocenters. The van der Waals surface area contributed by atoms with Gasteiger partial charge in [-0.05, 0) is 12.1 Å². The average Bonchev–Trinajstić information content (AvgIpc) is 2.31. The molecule has 0 bridgehead atoms. The lowest BCUT2D eigenvalue weighted by Gasteiger charge is -2.08. The van der Waals surface area contributed by atoms with Crippen molar-refractivity contribution in [2.75, 3.05) is 7.05 Å². The fourth-order valence-electron chi connectivity index (χ4n) is 1.08. The largest absolute Gasteiger partial charge is 0.506 e. The molecule has 94 valence electrons. The van der Waals surface area contributed by atoms with Gasteiger partial charge < -0.3 is 5.11 Å². The third-order valence-corrected chi connectivity index (χ3v) is 2.53. The second kappa shape index (κ2) is 6.24. The number of aromatic hydroxyl groups is 1. The summed E-state index contributed by atoms with van der Waals surface area (Å²) in [6, 6.07) is 4.56. The molecule has 1 aromatic rings. The Morgan fingerprint density at radius 3 is 2.89 bits per heavy atom. The lowest BCUT2D eigenvalue weighted by Crippen LogP contribution is -2.20. The predicted octanol–water partition coefficient (Wildman–Crippen LogP) is 2.40. The van der Waals surface area contributed by atoms with E-state index in [0.717, 1.165) is 5.01 Å². The van der Waals surface area contributed by atoms with E-state index < -0.39 is 5.91 Å². The summed E-state index contributed by atoms with van der Waals surface area (Å²) >= 11 is 11.5. The molecule has 0 spiro atoms. The molecule has 0 aliphatic carbocycles. The molecular formula is C11H9Cl2N3O2. The minimum atomic E-state index is -0.457. The van der Waals surface area contributed by atoms with Crippen LogP contribution in [0.2, 0.25) is 10.0 Å². The number of nitrogens with zero attached hydrogens (tertiary/aromatic N) is 3. The molecular weight excluding hydrogens is 277 g/mol. The van der Waals surface area contributed by atoms with Gasteiger partial charge in [-0.3, -0.25) is 4.79 Å². The van der Waals surface area contributed by atoms with E-state index >= 15 is 0 Å². The van der Waals surface area contributed by atoms with Gasteiger partial charge in [0, 0.05) is 17.6 Å². The van der Waals surface area contributed by atoms with Crippen LogP contribution < -0.4 is 0 Å². The molecule has 0 aliphatic heterocycles. The molecule has 0 fully saturated rings. The predicted molar refractivity (Wildman–Crippen MR) is 68.7 cm³/mol. The molecule has 0 atom stereocenters. The maximum Gasteiger partial charge on any atom is 0.256 e. The zero-order valence-electron chi connectivity index (χ0n) is 9.39. The number of phenols is 1. The zero-order chi connectivity index (χ0) is 13.7. The van der Waals surface area contributed by atoms with Gasteiger partial charge in [0.15, 0.2) is 0 Å². The van der Waals surface area contributed by atoms with E-state index in [-0.39, 0.29) is 22.8 Å². The summed E-state index contributed by atoms with van der Waals surface area (Å²) in [5, 5.41) is 23.2. The number of halogens is 2. The smallest absolute Gasteiger partial charge is 0.256 e. The van der Waals surface area contributed by atoms with Crippen molar-refractivity contribution in [2.45, 2.75) is 6.42 Å². The Morgan fingerprint density at radius 1 is 1.61 bits per heavy atom. The first-order valence-electron chi connectivity index (χ1n) is 4.81. The summed E-state index contributed by atoms with van der Waals surface area (Å²) in [5.74, 6) is -0.632. The number of hydrogen-bond acceptors (Lipinski definition) is 4. The van der Waals surface area contributed by atoms with Crippen LogP contribution in [0.1, 0.15) is 12.0 Å². The van der Waals surface area contributed by atoms with E-state index in [1.165, 1.54) is 25.4 Å². The lowest BCUT2D eigenvalue weighted by atomic mass is 10.2. The van der Waals surface area contributed by atoms with Crippen molar-refractivity contribution in [3.63, 3.8) is 0 Å². The van der Waals surface area contributed by atoms with Gasteiger partial charge in [0.2, 0.25) is 0 Å². The number of carbonyl (C=O) groups is 1. The third-order valence-electron chi connectivity index (χ3n) is 2.02. The van der Waals surface area contributed by atoms with Crippen molar-refractivity contribution in [1.82, 2.24) is 5.01 Å². The summed E-state index contributed by atoms with van der Waals surface area (Å²) in [7, 11) is 1.40. The number of carbonyl (C=O) groups excluding carboxylic acids is 1. The molecule has 0 aromatic heterocycles. The van der Waals surface area contributed by atoms with Crippen molar-refractivity contribution in [1.29, 1.82) is 5.26 Å². The molecule has 0 heterocycles. The van der Waals surface area contributed by atoms with Crippen LogP contribution in [0.3, 0.4) is 0 Å². The number of rotatable bonds is 3. The highest BCUT2D eigenvalue weighted by Gasteiger charge is 2.08. The SMILES string of the molecule is CN(/N=C/c1cc(Cl)cc(Cl)c1O)C(=O)CC#N. The molecule has 1 amide bonds. The Balaban J connectivity index is 2.91. The first-order chi connectivity index (χ1) is 8.45. The number of hydrogen-bond donors (Lipinski definition) is 1. The van der Waals surface area contributed by atoms with Gasteiger partial charge in [0.1, 0.15) is 12.2 Å². The highest BCUT2D eigenvalue weighted by Crippen LogP contribution is 2.29. The van der Waals surface area contributed by atoms with Crippen LogP contribution in [-0.2, 0) is 4.79 Å². The standard InChI is InChI=1S/C11H9Cl2N3O2/c1-16(10(17)2-3-14)15-6-7-4-8(12)5-9(13)11(7)18/h4-6,18H,2H2,1H3/b15-6+. The maximum atomic E-state index is 11.3. The van der Waals surface area contributed by atoms with Crippen molar-refractivity contribution in [3.8, 4) is 11.8 Å². The number of phenolic OH excluding ortho intramolecular Hbond substituents is 1. The number of amides is 1. The molecule has 0 saturated heterocycles. The number of hydrazone groups is 1. The van der Waals surface area contributed by atoms with E-state index in [9.17, 15) is 9.90 Å². The Hall–Kier alpha value is -1.77. The number of benzene rings is 1. The van der Waals surface area contributed by atoms with Crippen molar-refractivity contribution in [3.05, 3.63) is 27.7 Å². The van der Waals surface area contributed by atoms with Crippen LogP contribution in [-0.4, -0.2) is 29.3 Å². The maximum absolute atomic E-state index is 11.3. The highest BCUT2D eigenvalue weighted by molar-refractivity contribution is 6.36. The average molecular weight is 286 g/mol. The van der Waals surface area contributed by atoms with Gasteiger partial charge in [-0.1, -0.05) is 23.2 Å². The normalized spacial score (nSPS) is 10.3. The number of nitriles is 1. The molecule has 0 radical (unpaired) electrons. The molecule has 0 aliphatic rings. The third kappa shape index (κ3) is 3.62. The molecule has 18 heavy (non-hydrogen) atoms. The fourth-order valence-corrected chi connectivity index (χ4v) is 1.59. The summed E-state index contributed by atoms with van der Waals surface area (Å²) in [4.78, 5) is 11.3. The van der Waals surface area contributed by atoms with Gasteiger partial charge in [0.05, 0.1) is 17.3 Å². The van der Waals surface area contributed by atoms with E-state index in [2.05, 4.69) is 5.10 Å². The summed E-state index contributed by atoms with van der Waals surface area (Å²) < 4.78 is 0. The second-order valence-corrected chi connectivity index (χ2v) is 4.17. The minimum Gasteiger partial charge on any atom is -0.506 e. The topological polar surface area (TPSA) is 76.7 Å². The van der Waals surface area contributed by atoms with E-state index in [1.807, 2.05) is 0 Å². The minimum absolute atomic E-state index is 0.0926. The Morgan fingerprint density at radius 2 is 2.28 bits per heavy atom. The van der Waals surface area contributed by atoms with Gasteiger partial charge in [-0.25, -0.2) is 5.01 Å². The lowest BCUT2D eigenvalue weighted by molar-refractivity contribution is -0.128. The van der Waals surface area contributed by atoms with Crippen molar-refractivity contribution < 1.29 is 9.90 Å². The van der Waals surface area contributed by atoms with E-state index in [4.69, 9.17) is 28.5 Å². The Bertz CT molecular complexity index is 538. The molecule has 1 rings (SSSR count). The van der Waals surface area contributed by atoms with Crippen LogP contribution in [0.4, 0.5) is 0 Å². The van der Waals surface area contributed by atoms with Crippen LogP contribution in [0.5, 0.6) is 5.75 Å². The van der Waals surface area contributed by atoms with Crippen LogP contribution in [0.15, 0.2) is 17.2 Å². The van der Waals surface area contributed by atoms with Gasteiger partial charge in [-0.15, -0.1) is 0 Å². The van der Waals surface area contributed by atoms with Crippen LogP contribution in [0, 0.1) is 11.3 Å². The van der Waals surface area contributed by atoms with Crippen molar-refractivity contribution in [2.24, 2.45) is 5.10 Å². The monoisotopic (exact) mass is 285 g/mol. The fraction of sp³-hybridized carbons (Fsp3) is 0.182. The van der Waals surface area contributed by atoms with Crippen molar-refractivity contribution >= 4 is 35.3 Å². The first-order valence-corrected chi connectivity index (χ1v) is 5.56. The Kier molecular flexibility index (Phi) is 4.95. The summed E-state index contributed by atoms with van der Waals surface area (Å²) in [6.45, 7) is 0. The van der Waals surface area contributed by atoms with Gasteiger partial charge in [0.25, 0.3) is 5.91 Å². The van der Waals surface area contributed by atoms with Gasteiger partial charge in [-0.2, -0.15) is 10.4 Å². The molecule has 0 saturated carbocycles. The van der Waals surface area contributed by atoms with Gasteiger partial charge >= 0.3 is 0 Å². The highest BCUT2D eigenvalue weighted by atomic mass is 35.5. The molecule has 7 heteroatoms. The van der Waals surface area contributed by atoms with E-state index in [0.29, 0.717) is 5.02 Å². The Labute approximate surface area is 114 Å². The molecule has 1 aromatic carbocycles. The first kappa shape index (κ1) is 14.3. The van der Waals surface area contributed by atoms with Crippen LogP contribution in [0.25, 0.3) is 0 Å². The van der Waals surface area contributed by atoms with E-state index in [1.54, 1.807) is 6.07 Å². The van der Waals surface area contributed by atoms with Crippen LogP contribution >= 0.6 is 23.2 Å².